The van der Waals surface area contributed by atoms with Crippen molar-refractivity contribution in [2.45, 2.75) is 18.9 Å². The van der Waals surface area contributed by atoms with Crippen LogP contribution in [0, 0.1) is 0 Å². The van der Waals surface area contributed by atoms with E-state index in [2.05, 4.69) is 5.32 Å². The number of benzene rings is 2. The molecule has 1 aliphatic rings. The lowest BCUT2D eigenvalue weighted by molar-refractivity contribution is -0.117. The number of nitrogens with one attached hydrogen (secondary N) is 1. The molecule has 2 heterocycles. The predicted octanol–water partition coefficient (Wildman–Crippen LogP) is 3.91. The van der Waals surface area contributed by atoms with Crippen LogP contribution < -0.4 is 10.2 Å². The lowest BCUT2D eigenvalue weighted by Gasteiger charge is -2.14. The van der Waals surface area contributed by atoms with Crippen molar-refractivity contribution < 1.29 is 9.59 Å². The van der Waals surface area contributed by atoms with Crippen molar-refractivity contribution in [2.75, 3.05) is 24.3 Å². The second-order valence-corrected chi connectivity index (χ2v) is 7.26. The van der Waals surface area contributed by atoms with E-state index < -0.39 is 0 Å². The van der Waals surface area contributed by atoms with Crippen LogP contribution in [0.2, 0.25) is 0 Å². The lowest BCUT2D eigenvalue weighted by atomic mass is 10.0. The van der Waals surface area contributed by atoms with Gasteiger partial charge in [-0.2, -0.15) is 0 Å². The van der Waals surface area contributed by atoms with Crippen LogP contribution in [0.5, 0.6) is 0 Å². The molecule has 0 aliphatic carbocycles. The van der Waals surface area contributed by atoms with Crippen molar-refractivity contribution in [1.82, 2.24) is 4.57 Å². The van der Waals surface area contributed by atoms with E-state index in [9.17, 15) is 9.59 Å². The molecule has 1 aliphatic heterocycles. The van der Waals surface area contributed by atoms with Gasteiger partial charge in [0.05, 0.1) is 11.6 Å². The average Bonchev–Trinajstić information content (AvgIpc) is 3.30. The van der Waals surface area contributed by atoms with E-state index >= 15 is 0 Å². The SMILES string of the molecule is CN(C)c1ccc(NC(=O)[C@H]2CCn3c(C(=O)c4ccccc4)ccc32)cc1. The van der Waals surface area contributed by atoms with Crippen LogP contribution in [0.15, 0.2) is 66.7 Å². The molecule has 0 spiro atoms. The molecule has 1 aromatic heterocycles. The summed E-state index contributed by atoms with van der Waals surface area (Å²) < 4.78 is 1.98. The van der Waals surface area contributed by atoms with E-state index in [4.69, 9.17) is 0 Å². The number of nitrogens with zero attached hydrogens (tertiary/aromatic N) is 2. The van der Waals surface area contributed by atoms with Gasteiger partial charge in [-0.15, -0.1) is 0 Å². The highest BCUT2D eigenvalue weighted by atomic mass is 16.2. The molecule has 142 valence electrons. The van der Waals surface area contributed by atoms with Gasteiger partial charge in [-0.3, -0.25) is 9.59 Å². The minimum absolute atomic E-state index is 0.00724. The minimum Gasteiger partial charge on any atom is -0.378 e. The summed E-state index contributed by atoms with van der Waals surface area (Å²) in [5.74, 6) is -0.286. The summed E-state index contributed by atoms with van der Waals surface area (Å²) in [5.41, 5.74) is 4.07. The Balaban J connectivity index is 1.51. The largest absolute Gasteiger partial charge is 0.378 e. The first-order valence-electron chi connectivity index (χ1n) is 9.42. The van der Waals surface area contributed by atoms with Gasteiger partial charge < -0.3 is 14.8 Å². The number of rotatable bonds is 5. The third kappa shape index (κ3) is 3.31. The molecular formula is C23H23N3O2. The molecule has 0 saturated carbocycles. The van der Waals surface area contributed by atoms with E-state index in [-0.39, 0.29) is 17.6 Å². The highest BCUT2D eigenvalue weighted by Crippen LogP contribution is 2.32. The number of aromatic nitrogens is 1. The fraction of sp³-hybridized carbons (Fsp3) is 0.217. The molecule has 28 heavy (non-hydrogen) atoms. The second-order valence-electron chi connectivity index (χ2n) is 7.26. The summed E-state index contributed by atoms with van der Waals surface area (Å²) in [4.78, 5) is 27.6. The van der Waals surface area contributed by atoms with E-state index in [1.807, 2.05) is 90.3 Å². The molecule has 0 fully saturated rings. The van der Waals surface area contributed by atoms with Crippen LogP contribution in [0.1, 0.15) is 34.1 Å². The maximum atomic E-state index is 12.8. The average molecular weight is 373 g/mol. The zero-order chi connectivity index (χ0) is 19.7. The van der Waals surface area contributed by atoms with Gasteiger partial charge in [0.15, 0.2) is 0 Å². The molecular weight excluding hydrogens is 350 g/mol. The van der Waals surface area contributed by atoms with Crippen molar-refractivity contribution in [3.8, 4) is 0 Å². The van der Waals surface area contributed by atoms with Gasteiger partial charge in [0, 0.05) is 43.3 Å². The topological polar surface area (TPSA) is 54.3 Å². The number of amides is 1. The van der Waals surface area contributed by atoms with Crippen molar-refractivity contribution in [3.05, 3.63) is 83.7 Å². The Bertz CT molecular complexity index is 1000. The molecule has 3 aromatic rings. The Morgan fingerprint density at radius 1 is 0.964 bits per heavy atom. The first kappa shape index (κ1) is 18.0. The predicted molar refractivity (Wildman–Crippen MR) is 111 cm³/mol. The molecule has 0 radical (unpaired) electrons. The summed E-state index contributed by atoms with van der Waals surface area (Å²) in [7, 11) is 3.96. The smallest absolute Gasteiger partial charge is 0.233 e. The molecule has 1 amide bonds. The molecule has 5 nitrogen and oxygen atoms in total. The van der Waals surface area contributed by atoms with Crippen LogP contribution in [0.25, 0.3) is 0 Å². The van der Waals surface area contributed by atoms with Crippen molar-refractivity contribution in [3.63, 3.8) is 0 Å². The number of hydrogen-bond donors (Lipinski definition) is 1. The first-order chi connectivity index (χ1) is 13.5. The minimum atomic E-state index is -0.245. The summed E-state index contributed by atoms with van der Waals surface area (Å²) in [6.07, 6.45) is 0.701. The monoisotopic (exact) mass is 373 g/mol. The second kappa shape index (κ2) is 7.35. The van der Waals surface area contributed by atoms with Gasteiger partial charge in [0.2, 0.25) is 11.7 Å². The maximum Gasteiger partial charge on any atom is 0.233 e. The van der Waals surface area contributed by atoms with Crippen molar-refractivity contribution in [2.24, 2.45) is 0 Å². The van der Waals surface area contributed by atoms with Gasteiger partial charge in [0.25, 0.3) is 0 Å². The van der Waals surface area contributed by atoms with Crippen LogP contribution in [-0.2, 0) is 11.3 Å². The molecule has 0 saturated heterocycles. The molecule has 0 bridgehead atoms. The Morgan fingerprint density at radius 3 is 2.36 bits per heavy atom. The number of fused-ring (bicyclic) bond motifs is 1. The van der Waals surface area contributed by atoms with E-state index in [1.54, 1.807) is 0 Å². The van der Waals surface area contributed by atoms with E-state index in [0.29, 0.717) is 24.2 Å². The van der Waals surface area contributed by atoms with Crippen LogP contribution >= 0.6 is 0 Å². The van der Waals surface area contributed by atoms with Crippen molar-refractivity contribution in [1.29, 1.82) is 0 Å². The highest BCUT2D eigenvalue weighted by molar-refractivity contribution is 6.08. The van der Waals surface area contributed by atoms with Gasteiger partial charge in [0.1, 0.15) is 0 Å². The Labute approximate surface area is 164 Å². The fourth-order valence-corrected chi connectivity index (χ4v) is 3.72. The van der Waals surface area contributed by atoms with Crippen LogP contribution in [0.3, 0.4) is 0 Å². The molecule has 5 heteroatoms. The number of ketones is 1. The van der Waals surface area contributed by atoms with E-state index in [1.165, 1.54) is 0 Å². The number of carbonyl (C=O) groups is 2. The third-order valence-electron chi connectivity index (χ3n) is 5.25. The highest BCUT2D eigenvalue weighted by Gasteiger charge is 2.32. The number of hydrogen-bond acceptors (Lipinski definition) is 3. The molecule has 4 rings (SSSR count). The van der Waals surface area contributed by atoms with Crippen LogP contribution in [0.4, 0.5) is 11.4 Å². The number of anilines is 2. The molecule has 1 N–H and O–H groups in total. The summed E-state index contributed by atoms with van der Waals surface area (Å²) in [6.45, 7) is 0.674. The standard InChI is InChI=1S/C23H23N3O2/c1-25(2)18-10-8-17(9-11-18)24-23(28)19-14-15-26-20(19)12-13-21(26)22(27)16-6-4-3-5-7-16/h3-13,19H,14-15H2,1-2H3,(H,24,28)/t19-/m0/s1. The maximum absolute atomic E-state index is 12.8. The summed E-state index contributed by atoms with van der Waals surface area (Å²) >= 11 is 0. The van der Waals surface area contributed by atoms with Gasteiger partial charge in [-0.05, 0) is 42.8 Å². The Hall–Kier alpha value is -3.34. The molecule has 0 unspecified atom stereocenters. The fourth-order valence-electron chi connectivity index (χ4n) is 3.72. The van der Waals surface area contributed by atoms with E-state index in [0.717, 1.165) is 17.1 Å². The zero-order valence-corrected chi connectivity index (χ0v) is 16.1. The Kier molecular flexibility index (Phi) is 4.74. The Morgan fingerprint density at radius 2 is 1.68 bits per heavy atom. The first-order valence-corrected chi connectivity index (χ1v) is 9.42. The number of carbonyl (C=O) groups excluding carboxylic acids is 2. The molecule has 2 aromatic carbocycles. The van der Waals surface area contributed by atoms with Gasteiger partial charge in [-0.1, -0.05) is 30.3 Å². The molecule has 1 atom stereocenters. The summed E-state index contributed by atoms with van der Waals surface area (Å²) in [6, 6.07) is 20.8. The van der Waals surface area contributed by atoms with Gasteiger partial charge >= 0.3 is 0 Å². The zero-order valence-electron chi connectivity index (χ0n) is 16.1. The third-order valence-corrected chi connectivity index (χ3v) is 5.25. The quantitative estimate of drug-likeness (QED) is 0.690. The van der Waals surface area contributed by atoms with Crippen molar-refractivity contribution >= 4 is 23.1 Å². The lowest BCUT2D eigenvalue weighted by Crippen LogP contribution is -2.19. The normalized spacial score (nSPS) is 15.1. The van der Waals surface area contributed by atoms with Gasteiger partial charge in [-0.25, -0.2) is 0 Å². The van der Waals surface area contributed by atoms with Crippen LogP contribution in [-0.4, -0.2) is 30.4 Å². The summed E-state index contributed by atoms with van der Waals surface area (Å²) in [5, 5.41) is 3.01.